The molecule has 0 saturated carbocycles. The first kappa shape index (κ1) is 47.0. The number of aromatic nitrogens is 6. The number of carboxylic acid groups (broad SMARTS) is 2. The SMILES string of the molecule is COc1ccc2c(c1)c(CC(=O)[O-])c(C)n2C(=O)c1ccc(Cl)cc1.COc1ccc2c(c1)c(CC(=O)[O-])c(C)n2C(=O)c1ccc(Cl)cc1.[Cu+2].c1c[nH]cn1.c1c[nH]cn1. The Morgan fingerprint density at radius 3 is 1.23 bits per heavy atom. The minimum atomic E-state index is -1.20. The number of benzene rings is 4. The second kappa shape index (κ2) is 22.1. The quantitative estimate of drug-likeness (QED) is 0.170. The fourth-order valence-electron chi connectivity index (χ4n) is 6.31. The van der Waals surface area contributed by atoms with E-state index in [1.807, 2.05) is 0 Å². The molecule has 14 nitrogen and oxygen atoms in total. The third-order valence-corrected chi connectivity index (χ3v) is 9.63. The molecule has 0 atom stereocenters. The summed E-state index contributed by atoms with van der Waals surface area (Å²) in [5.74, 6) is -1.75. The molecule has 8 aromatic rings. The number of carboxylic acids is 2. The van der Waals surface area contributed by atoms with Crippen molar-refractivity contribution in [1.29, 1.82) is 0 Å². The third kappa shape index (κ3) is 11.8. The first-order valence-corrected chi connectivity index (χ1v) is 18.8. The van der Waals surface area contributed by atoms with Gasteiger partial charge in [-0.3, -0.25) is 18.7 Å². The summed E-state index contributed by atoms with van der Waals surface area (Å²) in [7, 11) is 3.06. The number of hydrogen-bond acceptors (Lipinski definition) is 10. The van der Waals surface area contributed by atoms with Crippen LogP contribution in [0.5, 0.6) is 11.5 Å². The number of ether oxygens (including phenoxy) is 2. The molecule has 4 heterocycles. The second-order valence-electron chi connectivity index (χ2n) is 12.8. The largest absolute Gasteiger partial charge is 2.00 e. The van der Waals surface area contributed by atoms with Gasteiger partial charge in [0.05, 0.1) is 37.9 Å². The van der Waals surface area contributed by atoms with Crippen LogP contribution in [0.3, 0.4) is 0 Å². The molecule has 17 heteroatoms. The number of H-pyrrole nitrogens is 2. The maximum atomic E-state index is 13.0. The Labute approximate surface area is 370 Å². The van der Waals surface area contributed by atoms with E-state index in [-0.39, 0.29) is 41.7 Å². The summed E-state index contributed by atoms with van der Waals surface area (Å²) in [6.07, 6.45) is 9.60. The van der Waals surface area contributed by atoms with E-state index < -0.39 is 11.9 Å². The summed E-state index contributed by atoms with van der Waals surface area (Å²) >= 11 is 11.8. The summed E-state index contributed by atoms with van der Waals surface area (Å²) < 4.78 is 13.5. The number of hydrogen-bond donors (Lipinski definition) is 2. The molecule has 0 unspecified atom stereocenters. The first-order chi connectivity index (χ1) is 28.8. The molecule has 0 spiro atoms. The van der Waals surface area contributed by atoms with Gasteiger partial charge in [-0.2, -0.15) is 0 Å². The van der Waals surface area contributed by atoms with E-state index in [9.17, 15) is 29.4 Å². The van der Waals surface area contributed by atoms with E-state index in [1.165, 1.54) is 23.4 Å². The van der Waals surface area contributed by atoms with Gasteiger partial charge in [0.2, 0.25) is 0 Å². The number of rotatable bonds is 8. The third-order valence-electron chi connectivity index (χ3n) is 9.13. The molecule has 4 aromatic carbocycles. The predicted octanol–water partition coefficient (Wildman–Crippen LogP) is 6.00. The number of nitrogens with zero attached hydrogens (tertiary/aromatic N) is 4. The molecular weight excluding hydrogens is 875 g/mol. The van der Waals surface area contributed by atoms with Crippen molar-refractivity contribution in [3.05, 3.63) is 166 Å². The maximum Gasteiger partial charge on any atom is 2.00 e. The van der Waals surface area contributed by atoms with Gasteiger partial charge in [0, 0.05) is 92.9 Å². The van der Waals surface area contributed by atoms with Gasteiger partial charge >= 0.3 is 17.1 Å². The van der Waals surface area contributed by atoms with Crippen LogP contribution >= 0.6 is 23.2 Å². The van der Waals surface area contributed by atoms with Crippen molar-refractivity contribution in [3.8, 4) is 11.5 Å². The zero-order chi connectivity index (χ0) is 43.3. The summed E-state index contributed by atoms with van der Waals surface area (Å²) in [5.41, 5.74) is 4.36. The summed E-state index contributed by atoms with van der Waals surface area (Å²) in [5, 5.41) is 24.7. The summed E-state index contributed by atoms with van der Waals surface area (Å²) in [4.78, 5) is 61.1. The van der Waals surface area contributed by atoms with Gasteiger partial charge in [-0.15, -0.1) is 0 Å². The standard InChI is InChI=1S/2C19H16ClNO4.2C3H4N2.Cu/c2*1-11-15(10-18(22)23)16-9-14(25-2)7-8-17(16)21(11)19(24)12-3-5-13(20)6-4-12;2*1-2-5-3-4-1;/h2*3-9H,10H2,1-2H3,(H,22,23);2*1-3H,(H,4,5);/q;;;;+2/p-2. The molecule has 2 N–H and O–H groups in total. The zero-order valence-electron chi connectivity index (χ0n) is 33.1. The normalized spacial score (nSPS) is 10.2. The molecule has 0 aliphatic rings. The van der Waals surface area contributed by atoms with Crippen molar-refractivity contribution in [2.45, 2.75) is 26.7 Å². The average molecular weight is 913 g/mol. The Balaban J connectivity index is 0.000000215. The Hall–Kier alpha value is -6.64. The zero-order valence-corrected chi connectivity index (χ0v) is 35.5. The van der Waals surface area contributed by atoms with Gasteiger partial charge in [-0.05, 0) is 110 Å². The van der Waals surface area contributed by atoms with Gasteiger partial charge in [-0.25, -0.2) is 9.97 Å². The number of aliphatic carboxylic acids is 2. The monoisotopic (exact) mass is 911 g/mol. The molecule has 8 rings (SSSR count). The van der Waals surface area contributed by atoms with E-state index in [4.69, 9.17) is 32.7 Å². The Morgan fingerprint density at radius 2 is 0.967 bits per heavy atom. The van der Waals surface area contributed by atoms with Crippen molar-refractivity contribution in [1.82, 2.24) is 29.1 Å². The minimum absolute atomic E-state index is 0. The first-order valence-electron chi connectivity index (χ1n) is 18.1. The van der Waals surface area contributed by atoms with Crippen LogP contribution < -0.4 is 19.7 Å². The van der Waals surface area contributed by atoms with Crippen molar-refractivity contribution < 1.29 is 55.9 Å². The molecule has 0 amide bonds. The van der Waals surface area contributed by atoms with Crippen LogP contribution in [0, 0.1) is 13.8 Å². The predicted molar refractivity (Wildman–Crippen MR) is 223 cm³/mol. The Kier molecular flexibility index (Phi) is 17.0. The number of aromatic amines is 2. The molecule has 0 saturated heterocycles. The molecule has 1 radical (unpaired) electrons. The van der Waals surface area contributed by atoms with Crippen LogP contribution in [-0.2, 0) is 39.5 Å². The summed E-state index contributed by atoms with van der Waals surface area (Å²) in [6.45, 7) is 3.44. The van der Waals surface area contributed by atoms with Crippen molar-refractivity contribution >= 4 is 68.8 Å². The molecule has 61 heavy (non-hydrogen) atoms. The van der Waals surface area contributed by atoms with Gasteiger partial charge in [0.1, 0.15) is 11.5 Å². The van der Waals surface area contributed by atoms with Crippen molar-refractivity contribution in [3.63, 3.8) is 0 Å². The molecular formula is C44H38Cl2CuN6O8. The number of imidazole rings is 2. The van der Waals surface area contributed by atoms with Crippen LogP contribution in [0.2, 0.25) is 10.0 Å². The molecule has 317 valence electrons. The fraction of sp³-hybridized carbons (Fsp3) is 0.136. The number of nitrogens with one attached hydrogen (secondary N) is 2. The van der Waals surface area contributed by atoms with Gasteiger partial charge in [-0.1, -0.05) is 23.2 Å². The molecule has 4 aromatic heterocycles. The van der Waals surface area contributed by atoms with Crippen LogP contribution in [0.15, 0.2) is 122 Å². The maximum absolute atomic E-state index is 13.0. The van der Waals surface area contributed by atoms with Crippen molar-refractivity contribution in [2.75, 3.05) is 14.2 Å². The fourth-order valence-corrected chi connectivity index (χ4v) is 6.56. The van der Waals surface area contributed by atoms with Crippen LogP contribution in [0.1, 0.15) is 43.2 Å². The smallest absolute Gasteiger partial charge is 0.550 e. The molecule has 0 fully saturated rings. The average Bonchev–Trinajstić information content (AvgIpc) is 4.09. The van der Waals surface area contributed by atoms with E-state index in [1.54, 1.807) is 136 Å². The summed E-state index contributed by atoms with van der Waals surface area (Å²) in [6, 6.07) is 23.5. The van der Waals surface area contributed by atoms with Gasteiger partial charge < -0.3 is 39.2 Å². The Morgan fingerprint density at radius 1 is 0.607 bits per heavy atom. The number of carbonyl (C=O) groups excluding carboxylic acids is 4. The molecule has 0 aliphatic carbocycles. The number of halogens is 2. The Bertz CT molecular complexity index is 2490. The van der Waals surface area contributed by atoms with Crippen LogP contribution in [-0.4, -0.2) is 67.0 Å². The number of carbonyl (C=O) groups is 4. The minimum Gasteiger partial charge on any atom is -0.550 e. The number of methoxy groups -OCH3 is 2. The van der Waals surface area contributed by atoms with E-state index in [0.717, 1.165) is 0 Å². The van der Waals surface area contributed by atoms with Crippen LogP contribution in [0.25, 0.3) is 21.8 Å². The molecule has 0 bridgehead atoms. The van der Waals surface area contributed by atoms with E-state index in [2.05, 4.69) is 19.9 Å². The van der Waals surface area contributed by atoms with Gasteiger partial charge in [0.15, 0.2) is 0 Å². The van der Waals surface area contributed by atoms with Gasteiger partial charge in [0.25, 0.3) is 11.8 Å². The number of fused-ring (bicyclic) bond motifs is 2. The van der Waals surface area contributed by atoms with E-state index >= 15 is 0 Å². The van der Waals surface area contributed by atoms with E-state index in [0.29, 0.717) is 77.0 Å². The van der Waals surface area contributed by atoms with Crippen molar-refractivity contribution in [2.24, 2.45) is 0 Å². The molecule has 0 aliphatic heterocycles. The topological polar surface area (TPSA) is 200 Å². The van der Waals surface area contributed by atoms with Crippen LogP contribution in [0.4, 0.5) is 0 Å². The second-order valence-corrected chi connectivity index (χ2v) is 13.7.